The summed E-state index contributed by atoms with van der Waals surface area (Å²) in [5, 5.41) is 0. The van der Waals surface area contributed by atoms with Gasteiger partial charge in [-0.3, -0.25) is 0 Å². The van der Waals surface area contributed by atoms with E-state index in [0.29, 0.717) is 10.8 Å². The van der Waals surface area contributed by atoms with Crippen LogP contribution < -0.4 is 0 Å². The lowest BCUT2D eigenvalue weighted by molar-refractivity contribution is -0.103. The van der Waals surface area contributed by atoms with Gasteiger partial charge < -0.3 is 0 Å². The first kappa shape index (κ1) is 20.0. The second kappa shape index (κ2) is 8.74. The van der Waals surface area contributed by atoms with Crippen LogP contribution in [-0.2, 0) is 0 Å². The van der Waals surface area contributed by atoms with Crippen LogP contribution in [-0.4, -0.2) is 0 Å². The molecule has 0 bridgehead atoms. The first-order valence-corrected chi connectivity index (χ1v) is 10.4. The van der Waals surface area contributed by atoms with Gasteiger partial charge in [0, 0.05) is 0 Å². The maximum atomic E-state index is 2.61. The molecule has 0 aromatic rings. The molecule has 22 heavy (non-hydrogen) atoms. The maximum Gasteiger partial charge on any atom is -0.0264 e. The summed E-state index contributed by atoms with van der Waals surface area (Å²) in [6.07, 6.45) is 14.2. The maximum absolute atomic E-state index is 2.61. The summed E-state index contributed by atoms with van der Waals surface area (Å²) in [5.41, 5.74) is 1.14. The Morgan fingerprint density at radius 1 is 0.864 bits per heavy atom. The van der Waals surface area contributed by atoms with Gasteiger partial charge in [-0.25, -0.2) is 0 Å². The third kappa shape index (κ3) is 3.90. The van der Waals surface area contributed by atoms with Crippen molar-refractivity contribution < 1.29 is 0 Å². The molecule has 0 aromatic heterocycles. The minimum Gasteiger partial charge on any atom is -0.0654 e. The molecule has 0 amide bonds. The van der Waals surface area contributed by atoms with Gasteiger partial charge in [-0.2, -0.15) is 0 Å². The molecule has 0 heterocycles. The Bertz CT molecular complexity index is 303. The van der Waals surface area contributed by atoms with Gasteiger partial charge in [0.05, 0.1) is 0 Å². The van der Waals surface area contributed by atoms with Crippen LogP contribution in [0.4, 0.5) is 0 Å². The highest BCUT2D eigenvalue weighted by Gasteiger charge is 2.53. The fourth-order valence-corrected chi connectivity index (χ4v) is 6.58. The van der Waals surface area contributed by atoms with Crippen LogP contribution in [0.2, 0.25) is 0 Å². The minimum absolute atomic E-state index is 0.518. The summed E-state index contributed by atoms with van der Waals surface area (Å²) < 4.78 is 0. The summed E-state index contributed by atoms with van der Waals surface area (Å²) in [6, 6.07) is 0. The molecule has 132 valence electrons. The third-order valence-corrected chi connectivity index (χ3v) is 7.31. The van der Waals surface area contributed by atoms with Gasteiger partial charge in [0.2, 0.25) is 0 Å². The molecule has 1 aliphatic carbocycles. The van der Waals surface area contributed by atoms with E-state index in [1.54, 1.807) is 0 Å². The van der Waals surface area contributed by atoms with Crippen molar-refractivity contribution in [3.63, 3.8) is 0 Å². The SMILES string of the molecule is CCCCCC1CC(CC)(CCC)C(CC)C(C)(C)C1CC. The lowest BCUT2D eigenvalue weighted by atomic mass is 9.45. The van der Waals surface area contributed by atoms with Crippen LogP contribution in [0.5, 0.6) is 0 Å². The van der Waals surface area contributed by atoms with E-state index in [1.807, 2.05) is 0 Å². The van der Waals surface area contributed by atoms with E-state index in [4.69, 9.17) is 0 Å². The zero-order chi connectivity index (χ0) is 16.8. The van der Waals surface area contributed by atoms with Crippen LogP contribution in [0.3, 0.4) is 0 Å². The van der Waals surface area contributed by atoms with Crippen molar-refractivity contribution in [3.05, 3.63) is 0 Å². The molecular formula is C22H44. The van der Waals surface area contributed by atoms with Crippen molar-refractivity contribution in [1.82, 2.24) is 0 Å². The van der Waals surface area contributed by atoms with E-state index in [2.05, 4.69) is 48.5 Å². The number of hydrogen-bond acceptors (Lipinski definition) is 0. The van der Waals surface area contributed by atoms with Crippen molar-refractivity contribution in [2.24, 2.45) is 28.6 Å². The molecule has 1 fully saturated rings. The van der Waals surface area contributed by atoms with E-state index in [9.17, 15) is 0 Å². The molecule has 0 saturated heterocycles. The molecular weight excluding hydrogens is 264 g/mol. The summed E-state index contributed by atoms with van der Waals surface area (Å²) in [7, 11) is 0. The number of rotatable bonds is 9. The third-order valence-electron chi connectivity index (χ3n) is 7.31. The second-order valence-corrected chi connectivity index (χ2v) is 8.72. The van der Waals surface area contributed by atoms with Crippen LogP contribution >= 0.6 is 0 Å². The van der Waals surface area contributed by atoms with Gasteiger partial charge in [-0.05, 0) is 41.4 Å². The zero-order valence-corrected chi connectivity index (χ0v) is 16.8. The monoisotopic (exact) mass is 308 g/mol. The zero-order valence-electron chi connectivity index (χ0n) is 16.8. The van der Waals surface area contributed by atoms with Crippen molar-refractivity contribution in [2.45, 2.75) is 113 Å². The second-order valence-electron chi connectivity index (χ2n) is 8.72. The molecule has 0 heteroatoms. The predicted octanol–water partition coefficient (Wildman–Crippen LogP) is 7.86. The molecule has 1 saturated carbocycles. The molecule has 0 N–H and O–H groups in total. The fourth-order valence-electron chi connectivity index (χ4n) is 6.58. The highest BCUT2D eigenvalue weighted by Crippen LogP contribution is 2.62. The van der Waals surface area contributed by atoms with E-state index in [0.717, 1.165) is 17.8 Å². The molecule has 0 aliphatic heterocycles. The Morgan fingerprint density at radius 3 is 2.00 bits per heavy atom. The molecule has 4 unspecified atom stereocenters. The Kier molecular flexibility index (Phi) is 7.96. The van der Waals surface area contributed by atoms with E-state index in [-0.39, 0.29) is 0 Å². The standard InChI is InChI=1S/C22H44/c1-8-13-14-15-18-17-22(12-5,16-9-2)20(11-4)21(6,7)19(18)10-3/h18-20H,8-17H2,1-7H3. The Morgan fingerprint density at radius 2 is 1.55 bits per heavy atom. The smallest absolute Gasteiger partial charge is 0.0264 e. The van der Waals surface area contributed by atoms with E-state index in [1.165, 1.54) is 64.2 Å². The molecule has 4 atom stereocenters. The lowest BCUT2D eigenvalue weighted by Gasteiger charge is -2.59. The highest BCUT2D eigenvalue weighted by atomic mass is 14.6. The Hall–Kier alpha value is 0. The molecule has 0 radical (unpaired) electrons. The van der Waals surface area contributed by atoms with Crippen molar-refractivity contribution in [2.75, 3.05) is 0 Å². The molecule has 1 rings (SSSR count). The number of unbranched alkanes of at least 4 members (excludes halogenated alkanes) is 2. The van der Waals surface area contributed by atoms with Crippen LogP contribution in [0.25, 0.3) is 0 Å². The fraction of sp³-hybridized carbons (Fsp3) is 1.00. The topological polar surface area (TPSA) is 0 Å². The molecule has 0 nitrogen and oxygen atoms in total. The average Bonchev–Trinajstić information content (AvgIpc) is 2.47. The van der Waals surface area contributed by atoms with Crippen LogP contribution in [0.1, 0.15) is 113 Å². The molecule has 0 spiro atoms. The predicted molar refractivity (Wildman–Crippen MR) is 101 cm³/mol. The summed E-state index contributed by atoms with van der Waals surface area (Å²) >= 11 is 0. The average molecular weight is 309 g/mol. The van der Waals surface area contributed by atoms with Crippen molar-refractivity contribution in [3.8, 4) is 0 Å². The van der Waals surface area contributed by atoms with E-state index >= 15 is 0 Å². The van der Waals surface area contributed by atoms with Gasteiger partial charge in [0.25, 0.3) is 0 Å². The largest absolute Gasteiger partial charge is 0.0654 e. The van der Waals surface area contributed by atoms with Gasteiger partial charge in [0.15, 0.2) is 0 Å². The Labute approximate surface area is 141 Å². The summed E-state index contributed by atoms with van der Waals surface area (Å²) in [6.45, 7) is 17.3. The van der Waals surface area contributed by atoms with E-state index < -0.39 is 0 Å². The van der Waals surface area contributed by atoms with Gasteiger partial charge in [-0.1, -0.05) is 99.8 Å². The first-order chi connectivity index (χ1) is 10.4. The van der Waals surface area contributed by atoms with Crippen LogP contribution in [0, 0.1) is 28.6 Å². The van der Waals surface area contributed by atoms with Crippen molar-refractivity contribution in [1.29, 1.82) is 0 Å². The minimum atomic E-state index is 0.518. The molecule has 0 aromatic carbocycles. The number of hydrogen-bond donors (Lipinski definition) is 0. The highest BCUT2D eigenvalue weighted by molar-refractivity contribution is 5.02. The van der Waals surface area contributed by atoms with Crippen LogP contribution in [0.15, 0.2) is 0 Å². The normalized spacial score (nSPS) is 34.8. The lowest BCUT2D eigenvalue weighted by Crippen LogP contribution is -2.51. The summed E-state index contributed by atoms with van der Waals surface area (Å²) in [5.74, 6) is 2.82. The van der Waals surface area contributed by atoms with Gasteiger partial charge >= 0.3 is 0 Å². The quantitative estimate of drug-likeness (QED) is 0.380. The first-order valence-electron chi connectivity index (χ1n) is 10.4. The van der Waals surface area contributed by atoms with Gasteiger partial charge in [0.1, 0.15) is 0 Å². The van der Waals surface area contributed by atoms with Gasteiger partial charge in [-0.15, -0.1) is 0 Å². The summed E-state index contributed by atoms with van der Waals surface area (Å²) in [4.78, 5) is 0. The molecule has 1 aliphatic rings. The van der Waals surface area contributed by atoms with Crippen molar-refractivity contribution >= 4 is 0 Å². The Balaban J connectivity index is 3.08.